The number of hydrogen-bond acceptors (Lipinski definition) is 0. The third kappa shape index (κ3) is 4.04. The van der Waals surface area contributed by atoms with E-state index in [9.17, 15) is 0 Å². The summed E-state index contributed by atoms with van der Waals surface area (Å²) in [6.07, 6.45) is 0. The first-order valence-corrected chi connectivity index (χ1v) is 17.5. The lowest BCUT2D eigenvalue weighted by Gasteiger charge is -2.25. The zero-order valence-corrected chi connectivity index (χ0v) is 20.1. The quantitative estimate of drug-likeness (QED) is 0.296. The van der Waals surface area contributed by atoms with Gasteiger partial charge in [-0.25, -0.2) is 0 Å². The van der Waals surface area contributed by atoms with Crippen molar-refractivity contribution >= 4 is 60.9 Å². The SMILES string of the molecule is C[Si](C)(C)Cc1c2ccccc2c(C[Si](C)(C)C)c2c(Cl)ccc(Cl)c12. The molecule has 0 aromatic heterocycles. The summed E-state index contributed by atoms with van der Waals surface area (Å²) in [5, 5.41) is 6.77. The van der Waals surface area contributed by atoms with Crippen molar-refractivity contribution in [2.24, 2.45) is 0 Å². The van der Waals surface area contributed by atoms with Crippen molar-refractivity contribution in [1.82, 2.24) is 0 Å². The molecule has 0 aliphatic carbocycles. The zero-order chi connectivity index (χ0) is 19.3. The summed E-state index contributed by atoms with van der Waals surface area (Å²) in [6.45, 7) is 14.5. The van der Waals surface area contributed by atoms with Crippen molar-refractivity contribution in [2.75, 3.05) is 0 Å². The van der Waals surface area contributed by atoms with Crippen LogP contribution in [0.2, 0.25) is 49.3 Å². The van der Waals surface area contributed by atoms with E-state index in [0.717, 1.165) is 22.1 Å². The monoisotopic (exact) mass is 418 g/mol. The predicted molar refractivity (Wildman–Crippen MR) is 126 cm³/mol. The van der Waals surface area contributed by atoms with Crippen molar-refractivity contribution in [2.45, 2.75) is 51.4 Å². The average molecular weight is 420 g/mol. The Balaban J connectivity index is 2.54. The molecule has 3 aromatic rings. The van der Waals surface area contributed by atoms with E-state index in [2.05, 4.69) is 63.5 Å². The van der Waals surface area contributed by atoms with Gasteiger partial charge in [0.15, 0.2) is 0 Å². The Morgan fingerprint density at radius 1 is 0.615 bits per heavy atom. The molecular formula is C22H28Cl2Si2. The van der Waals surface area contributed by atoms with Crippen molar-refractivity contribution in [1.29, 1.82) is 0 Å². The minimum atomic E-state index is -1.33. The van der Waals surface area contributed by atoms with Crippen LogP contribution in [0.1, 0.15) is 11.1 Å². The molecule has 3 rings (SSSR count). The summed E-state index contributed by atoms with van der Waals surface area (Å²) in [5.41, 5.74) is 2.78. The molecule has 3 aromatic carbocycles. The van der Waals surface area contributed by atoms with Gasteiger partial charge in [0.2, 0.25) is 0 Å². The fourth-order valence-electron chi connectivity index (χ4n) is 3.85. The summed E-state index contributed by atoms with van der Waals surface area (Å²) >= 11 is 13.5. The van der Waals surface area contributed by atoms with Crippen molar-refractivity contribution in [3.8, 4) is 0 Å². The molecule has 0 fully saturated rings. The van der Waals surface area contributed by atoms with Gasteiger partial charge in [0.25, 0.3) is 0 Å². The standard InChI is InChI=1S/C22H28Cl2Si2/c1-25(2,3)13-17-15-9-7-8-10-16(15)18(14-26(4,5)6)22-20(24)12-11-19(23)21(17)22/h7-12H,13-14H2,1-6H3. The molecule has 0 nitrogen and oxygen atoms in total. The van der Waals surface area contributed by atoms with Crippen LogP contribution in [0.4, 0.5) is 0 Å². The third-order valence-corrected chi connectivity index (χ3v) is 8.16. The Morgan fingerprint density at radius 2 is 0.962 bits per heavy atom. The number of halogens is 2. The highest BCUT2D eigenvalue weighted by Crippen LogP contribution is 2.42. The zero-order valence-electron chi connectivity index (χ0n) is 16.6. The molecule has 0 bridgehead atoms. The van der Waals surface area contributed by atoms with Gasteiger partial charge in [-0.3, -0.25) is 0 Å². The molecule has 0 saturated carbocycles. The number of fused-ring (bicyclic) bond motifs is 2. The Hall–Kier alpha value is -0.806. The smallest absolute Gasteiger partial charge is 0.0488 e. The van der Waals surface area contributed by atoms with E-state index in [4.69, 9.17) is 23.2 Å². The summed E-state index contributed by atoms with van der Waals surface area (Å²) in [6, 6.07) is 15.0. The van der Waals surface area contributed by atoms with E-state index >= 15 is 0 Å². The lowest BCUT2D eigenvalue weighted by atomic mass is 9.93. The van der Waals surface area contributed by atoms with Crippen LogP contribution < -0.4 is 0 Å². The lowest BCUT2D eigenvalue weighted by molar-refractivity contribution is 1.33. The molecule has 0 N–H and O–H groups in total. The van der Waals surface area contributed by atoms with E-state index in [1.165, 1.54) is 32.7 Å². The highest BCUT2D eigenvalue weighted by Gasteiger charge is 2.25. The van der Waals surface area contributed by atoms with Gasteiger partial charge in [-0.2, -0.15) is 0 Å². The van der Waals surface area contributed by atoms with Gasteiger partial charge in [0.1, 0.15) is 0 Å². The van der Waals surface area contributed by atoms with Gasteiger partial charge < -0.3 is 0 Å². The molecule has 0 radical (unpaired) electrons. The first-order chi connectivity index (χ1) is 12.0. The normalized spacial score (nSPS) is 12.9. The minimum Gasteiger partial charge on any atom is -0.0837 e. The number of rotatable bonds is 4. The van der Waals surface area contributed by atoms with Gasteiger partial charge in [0.05, 0.1) is 0 Å². The molecule has 138 valence electrons. The molecule has 0 aliphatic heterocycles. The molecule has 0 saturated heterocycles. The number of hydrogen-bond donors (Lipinski definition) is 0. The van der Waals surface area contributed by atoms with Gasteiger partial charge in [-0.1, -0.05) is 86.7 Å². The highest BCUT2D eigenvalue weighted by molar-refractivity contribution is 6.76. The Labute approximate surface area is 169 Å². The molecule has 0 spiro atoms. The van der Waals surface area contributed by atoms with Crippen molar-refractivity contribution in [3.05, 3.63) is 57.6 Å². The van der Waals surface area contributed by atoms with Crippen molar-refractivity contribution in [3.63, 3.8) is 0 Å². The minimum absolute atomic E-state index is 0.834. The van der Waals surface area contributed by atoms with Crippen LogP contribution in [0.25, 0.3) is 21.5 Å². The molecular weight excluding hydrogens is 391 g/mol. The summed E-state index contributed by atoms with van der Waals surface area (Å²) in [5.74, 6) is 0. The Bertz CT molecular complexity index is 899. The van der Waals surface area contributed by atoms with Crippen LogP contribution in [0.15, 0.2) is 36.4 Å². The average Bonchev–Trinajstić information content (AvgIpc) is 2.51. The second kappa shape index (κ2) is 6.98. The Kier molecular flexibility index (Phi) is 5.35. The first kappa shape index (κ1) is 19.9. The van der Waals surface area contributed by atoms with Gasteiger partial charge in [-0.05, 0) is 46.1 Å². The molecule has 0 atom stereocenters. The fourth-order valence-corrected chi connectivity index (χ4v) is 7.25. The molecule has 0 amide bonds. The predicted octanol–water partition coefficient (Wildman–Crippen LogP) is 8.14. The fraction of sp³-hybridized carbons (Fsp3) is 0.364. The van der Waals surface area contributed by atoms with Crippen LogP contribution in [-0.4, -0.2) is 16.1 Å². The Morgan fingerprint density at radius 3 is 1.27 bits per heavy atom. The molecule has 0 heterocycles. The molecule has 0 unspecified atom stereocenters. The summed E-state index contributed by atoms with van der Waals surface area (Å²) in [7, 11) is -2.66. The lowest BCUT2D eigenvalue weighted by Crippen LogP contribution is -2.26. The first-order valence-electron chi connectivity index (χ1n) is 9.28. The van der Waals surface area contributed by atoms with E-state index in [1.54, 1.807) is 0 Å². The van der Waals surface area contributed by atoms with Gasteiger partial charge in [0, 0.05) is 37.0 Å². The second-order valence-corrected chi connectivity index (χ2v) is 21.5. The molecule has 26 heavy (non-hydrogen) atoms. The van der Waals surface area contributed by atoms with E-state index < -0.39 is 16.1 Å². The summed E-state index contributed by atoms with van der Waals surface area (Å²) in [4.78, 5) is 0. The molecule has 0 aliphatic rings. The van der Waals surface area contributed by atoms with Gasteiger partial charge >= 0.3 is 0 Å². The van der Waals surface area contributed by atoms with Crippen LogP contribution in [0.5, 0.6) is 0 Å². The van der Waals surface area contributed by atoms with Crippen LogP contribution in [0, 0.1) is 0 Å². The number of benzene rings is 3. The summed E-state index contributed by atoms with van der Waals surface area (Å²) < 4.78 is 0. The van der Waals surface area contributed by atoms with E-state index in [1.807, 2.05) is 12.1 Å². The van der Waals surface area contributed by atoms with E-state index in [0.29, 0.717) is 0 Å². The third-order valence-electron chi connectivity index (χ3n) is 4.70. The van der Waals surface area contributed by atoms with Crippen molar-refractivity contribution < 1.29 is 0 Å². The van der Waals surface area contributed by atoms with Crippen LogP contribution in [0.3, 0.4) is 0 Å². The van der Waals surface area contributed by atoms with Gasteiger partial charge in [-0.15, -0.1) is 0 Å². The van der Waals surface area contributed by atoms with E-state index in [-0.39, 0.29) is 0 Å². The maximum Gasteiger partial charge on any atom is 0.0488 e. The second-order valence-electron chi connectivity index (χ2n) is 9.76. The molecule has 4 heteroatoms. The largest absolute Gasteiger partial charge is 0.0837 e. The maximum atomic E-state index is 6.77. The topological polar surface area (TPSA) is 0 Å². The van der Waals surface area contributed by atoms with Crippen LogP contribution in [-0.2, 0) is 12.1 Å². The maximum absolute atomic E-state index is 6.77. The highest BCUT2D eigenvalue weighted by atomic mass is 35.5. The van der Waals surface area contributed by atoms with Crippen LogP contribution >= 0.6 is 23.2 Å².